The third-order valence-corrected chi connectivity index (χ3v) is 4.50. The Labute approximate surface area is 147 Å². The van der Waals surface area contributed by atoms with Crippen LogP contribution < -0.4 is 15.1 Å². The maximum Gasteiger partial charge on any atom is 0.135 e. The molecule has 2 saturated heterocycles. The number of hydrogen-bond donors (Lipinski definition) is 1. The molecule has 0 unspecified atom stereocenters. The molecule has 2 fully saturated rings. The number of anilines is 4. The molecule has 25 heavy (non-hydrogen) atoms. The third kappa shape index (κ3) is 4.00. The molecule has 0 saturated carbocycles. The Morgan fingerprint density at radius 3 is 2.12 bits per heavy atom. The van der Waals surface area contributed by atoms with Gasteiger partial charge < -0.3 is 24.6 Å². The molecule has 0 spiro atoms. The first-order valence-corrected chi connectivity index (χ1v) is 8.73. The van der Waals surface area contributed by atoms with E-state index in [1.54, 1.807) is 6.33 Å². The Morgan fingerprint density at radius 2 is 1.44 bits per heavy atom. The van der Waals surface area contributed by atoms with Crippen molar-refractivity contribution in [3.05, 3.63) is 36.7 Å². The molecule has 1 aromatic heterocycles. The summed E-state index contributed by atoms with van der Waals surface area (Å²) >= 11 is 0. The fourth-order valence-electron chi connectivity index (χ4n) is 3.11. The first kappa shape index (κ1) is 16.1. The van der Waals surface area contributed by atoms with Crippen LogP contribution in [0.5, 0.6) is 0 Å². The standard InChI is InChI=1S/C18H23N5O2/c1-3-16(22-5-9-24-10-6-22)4-2-15(1)21-17-13-18(20-14-19-17)23-7-11-25-12-8-23/h1-4,13-14H,5-12H2,(H,19,20,21). The second kappa shape index (κ2) is 7.67. The second-order valence-corrected chi connectivity index (χ2v) is 6.13. The number of morpholine rings is 2. The number of rotatable bonds is 4. The molecular weight excluding hydrogens is 318 g/mol. The van der Waals surface area contributed by atoms with E-state index in [-0.39, 0.29) is 0 Å². The molecule has 4 rings (SSSR count). The minimum Gasteiger partial charge on any atom is -0.378 e. The van der Waals surface area contributed by atoms with Crippen LogP contribution in [-0.4, -0.2) is 62.6 Å². The van der Waals surface area contributed by atoms with E-state index in [9.17, 15) is 0 Å². The van der Waals surface area contributed by atoms with Gasteiger partial charge in [-0.15, -0.1) is 0 Å². The van der Waals surface area contributed by atoms with Gasteiger partial charge in [0, 0.05) is 43.6 Å². The van der Waals surface area contributed by atoms with Crippen molar-refractivity contribution in [1.82, 2.24) is 9.97 Å². The van der Waals surface area contributed by atoms with Crippen LogP contribution >= 0.6 is 0 Å². The Kier molecular flexibility index (Phi) is 4.94. The maximum atomic E-state index is 5.41. The van der Waals surface area contributed by atoms with Gasteiger partial charge >= 0.3 is 0 Å². The molecule has 2 aliphatic rings. The molecule has 132 valence electrons. The monoisotopic (exact) mass is 341 g/mol. The maximum absolute atomic E-state index is 5.41. The van der Waals surface area contributed by atoms with Gasteiger partial charge in [0.2, 0.25) is 0 Å². The van der Waals surface area contributed by atoms with Gasteiger partial charge in [-0.2, -0.15) is 0 Å². The van der Waals surface area contributed by atoms with Crippen LogP contribution in [0.3, 0.4) is 0 Å². The van der Waals surface area contributed by atoms with E-state index in [2.05, 4.69) is 49.4 Å². The van der Waals surface area contributed by atoms with Crippen LogP contribution in [0.1, 0.15) is 0 Å². The summed E-state index contributed by atoms with van der Waals surface area (Å²) in [7, 11) is 0. The summed E-state index contributed by atoms with van der Waals surface area (Å²) in [4.78, 5) is 13.3. The van der Waals surface area contributed by atoms with Gasteiger partial charge in [-0.1, -0.05) is 0 Å². The first-order valence-electron chi connectivity index (χ1n) is 8.73. The van der Waals surface area contributed by atoms with Gasteiger partial charge in [-0.05, 0) is 24.3 Å². The summed E-state index contributed by atoms with van der Waals surface area (Å²) in [6.07, 6.45) is 1.61. The Morgan fingerprint density at radius 1 is 0.800 bits per heavy atom. The summed E-state index contributed by atoms with van der Waals surface area (Å²) in [5, 5.41) is 3.36. The van der Waals surface area contributed by atoms with Crippen molar-refractivity contribution < 1.29 is 9.47 Å². The summed E-state index contributed by atoms with van der Waals surface area (Å²) in [6, 6.07) is 10.4. The molecule has 0 atom stereocenters. The van der Waals surface area contributed by atoms with Crippen molar-refractivity contribution in [1.29, 1.82) is 0 Å². The lowest BCUT2D eigenvalue weighted by molar-refractivity contribution is 0.122. The summed E-state index contributed by atoms with van der Waals surface area (Å²) in [5.74, 6) is 1.74. The Bertz CT molecular complexity index is 682. The smallest absolute Gasteiger partial charge is 0.135 e. The number of nitrogens with one attached hydrogen (secondary N) is 1. The topological polar surface area (TPSA) is 62.8 Å². The molecule has 0 bridgehead atoms. The number of hydrogen-bond acceptors (Lipinski definition) is 7. The average Bonchev–Trinajstić information content (AvgIpc) is 2.70. The van der Waals surface area contributed by atoms with Crippen molar-refractivity contribution in [2.45, 2.75) is 0 Å². The molecule has 2 aliphatic heterocycles. The van der Waals surface area contributed by atoms with E-state index in [0.717, 1.165) is 69.9 Å². The van der Waals surface area contributed by atoms with Gasteiger partial charge in [0.15, 0.2) is 0 Å². The van der Waals surface area contributed by atoms with Crippen LogP contribution in [-0.2, 0) is 9.47 Å². The Hall–Kier alpha value is -2.38. The molecule has 0 amide bonds. The molecule has 1 N–H and O–H groups in total. The highest BCUT2D eigenvalue weighted by Gasteiger charge is 2.13. The zero-order valence-electron chi connectivity index (χ0n) is 14.2. The third-order valence-electron chi connectivity index (χ3n) is 4.50. The highest BCUT2D eigenvalue weighted by molar-refractivity contribution is 5.62. The molecule has 0 radical (unpaired) electrons. The molecule has 2 aromatic rings. The van der Waals surface area contributed by atoms with Crippen molar-refractivity contribution >= 4 is 23.0 Å². The lowest BCUT2D eigenvalue weighted by Crippen LogP contribution is -2.36. The highest BCUT2D eigenvalue weighted by Crippen LogP contribution is 2.22. The van der Waals surface area contributed by atoms with Crippen LogP contribution in [0.25, 0.3) is 0 Å². The van der Waals surface area contributed by atoms with Crippen LogP contribution in [0.15, 0.2) is 36.7 Å². The van der Waals surface area contributed by atoms with Crippen LogP contribution in [0, 0.1) is 0 Å². The number of nitrogens with zero attached hydrogens (tertiary/aromatic N) is 4. The zero-order chi connectivity index (χ0) is 16.9. The van der Waals surface area contributed by atoms with Crippen molar-refractivity contribution in [2.24, 2.45) is 0 Å². The zero-order valence-corrected chi connectivity index (χ0v) is 14.2. The molecular formula is C18H23N5O2. The fourth-order valence-corrected chi connectivity index (χ4v) is 3.11. The average molecular weight is 341 g/mol. The van der Waals surface area contributed by atoms with Crippen LogP contribution in [0.4, 0.5) is 23.0 Å². The minimum atomic E-state index is 0.746. The van der Waals surface area contributed by atoms with Crippen molar-refractivity contribution in [3.63, 3.8) is 0 Å². The van der Waals surface area contributed by atoms with Gasteiger partial charge in [-0.25, -0.2) is 9.97 Å². The van der Waals surface area contributed by atoms with E-state index in [1.807, 2.05) is 6.07 Å². The molecule has 7 nitrogen and oxygen atoms in total. The predicted molar refractivity (Wildman–Crippen MR) is 97.8 cm³/mol. The van der Waals surface area contributed by atoms with Gasteiger partial charge in [-0.3, -0.25) is 0 Å². The largest absolute Gasteiger partial charge is 0.378 e. The minimum absolute atomic E-state index is 0.746. The van der Waals surface area contributed by atoms with Gasteiger partial charge in [0.1, 0.15) is 18.0 Å². The summed E-state index contributed by atoms with van der Waals surface area (Å²) in [5.41, 5.74) is 2.24. The number of benzene rings is 1. The van der Waals surface area contributed by atoms with Gasteiger partial charge in [0.25, 0.3) is 0 Å². The number of ether oxygens (including phenoxy) is 2. The lowest BCUT2D eigenvalue weighted by atomic mass is 10.2. The van der Waals surface area contributed by atoms with Crippen LogP contribution in [0.2, 0.25) is 0 Å². The normalized spacial score (nSPS) is 18.2. The molecule has 3 heterocycles. The van der Waals surface area contributed by atoms with E-state index < -0.39 is 0 Å². The molecule has 0 aliphatic carbocycles. The van der Waals surface area contributed by atoms with Gasteiger partial charge in [0.05, 0.1) is 26.4 Å². The summed E-state index contributed by atoms with van der Waals surface area (Å²) in [6.45, 7) is 6.71. The van der Waals surface area contributed by atoms with E-state index in [0.29, 0.717) is 0 Å². The Balaban J connectivity index is 1.43. The fraction of sp³-hybridized carbons (Fsp3) is 0.444. The highest BCUT2D eigenvalue weighted by atomic mass is 16.5. The van der Waals surface area contributed by atoms with E-state index in [1.165, 1.54) is 5.69 Å². The molecule has 7 heteroatoms. The SMILES string of the molecule is c1nc(Nc2ccc(N3CCOCC3)cc2)cc(N2CCOCC2)n1. The predicted octanol–water partition coefficient (Wildman–Crippen LogP) is 1.89. The van der Waals surface area contributed by atoms with Crippen molar-refractivity contribution in [2.75, 3.05) is 67.7 Å². The summed E-state index contributed by atoms with van der Waals surface area (Å²) < 4.78 is 10.8. The number of aromatic nitrogens is 2. The first-order chi connectivity index (χ1) is 12.4. The molecule has 1 aromatic carbocycles. The second-order valence-electron chi connectivity index (χ2n) is 6.13. The lowest BCUT2D eigenvalue weighted by Gasteiger charge is -2.29. The van der Waals surface area contributed by atoms with E-state index >= 15 is 0 Å². The van der Waals surface area contributed by atoms with E-state index in [4.69, 9.17) is 9.47 Å². The van der Waals surface area contributed by atoms with Crippen molar-refractivity contribution in [3.8, 4) is 0 Å². The quantitative estimate of drug-likeness (QED) is 0.911.